The number of carbonyl (C=O) groups excluding carboxylic acids is 1. The van der Waals surface area contributed by atoms with Crippen molar-refractivity contribution in [2.75, 3.05) is 0 Å². The van der Waals surface area contributed by atoms with Crippen LogP contribution in [-0.2, 0) is 11.2 Å². The van der Waals surface area contributed by atoms with E-state index in [0.717, 1.165) is 16.8 Å². The summed E-state index contributed by atoms with van der Waals surface area (Å²) in [5.41, 5.74) is 4.42. The van der Waals surface area contributed by atoms with Gasteiger partial charge in [0.05, 0.1) is 24.3 Å². The quantitative estimate of drug-likeness (QED) is 0.716. The summed E-state index contributed by atoms with van der Waals surface area (Å²) in [6.45, 7) is 2.15. The molecule has 0 saturated carbocycles. The summed E-state index contributed by atoms with van der Waals surface area (Å²) >= 11 is 0. The predicted octanol–water partition coefficient (Wildman–Crippen LogP) is 3.81. The summed E-state index contributed by atoms with van der Waals surface area (Å²) < 4.78 is 2.16. The number of hydrogen-bond donors (Lipinski definition) is 0. The minimum Gasteiger partial charge on any atom is -0.323 e. The van der Waals surface area contributed by atoms with E-state index in [1.165, 1.54) is 5.56 Å². The zero-order valence-corrected chi connectivity index (χ0v) is 12.4. The molecule has 3 aromatic rings. The van der Waals surface area contributed by atoms with E-state index in [1.807, 2.05) is 49.1 Å². The Morgan fingerprint density at radius 2 is 1.82 bits per heavy atom. The van der Waals surface area contributed by atoms with Crippen LogP contribution in [0, 0.1) is 0 Å². The zero-order valence-electron chi connectivity index (χ0n) is 12.4. The van der Waals surface area contributed by atoms with E-state index in [9.17, 15) is 4.79 Å². The number of benzene rings is 2. The van der Waals surface area contributed by atoms with E-state index < -0.39 is 0 Å². The smallest absolute Gasteiger partial charge is 0.203 e. The average Bonchev–Trinajstić information content (AvgIpc) is 3.06. The first-order valence-electron chi connectivity index (χ1n) is 7.30. The van der Waals surface area contributed by atoms with Crippen molar-refractivity contribution in [1.82, 2.24) is 9.55 Å². The molecule has 109 valence electrons. The van der Waals surface area contributed by atoms with Crippen LogP contribution in [0.1, 0.15) is 24.1 Å². The summed E-state index contributed by atoms with van der Waals surface area (Å²) in [7, 11) is 0. The van der Waals surface area contributed by atoms with Crippen molar-refractivity contribution in [1.29, 1.82) is 0 Å². The molecule has 22 heavy (non-hydrogen) atoms. The second-order valence-electron chi connectivity index (χ2n) is 5.29. The second-order valence-corrected chi connectivity index (χ2v) is 5.29. The van der Waals surface area contributed by atoms with Crippen LogP contribution in [0.15, 0.2) is 67.1 Å². The van der Waals surface area contributed by atoms with Gasteiger partial charge in [-0.25, -0.2) is 4.98 Å². The topological polar surface area (TPSA) is 34.9 Å². The maximum Gasteiger partial charge on any atom is 0.203 e. The van der Waals surface area contributed by atoms with E-state index in [1.54, 1.807) is 0 Å². The Hall–Kier alpha value is -2.68. The van der Waals surface area contributed by atoms with Gasteiger partial charge in [-0.15, -0.1) is 0 Å². The fourth-order valence-corrected chi connectivity index (χ4v) is 2.60. The highest BCUT2D eigenvalue weighted by Gasteiger charge is 2.12. The number of aromatic nitrogens is 2. The van der Waals surface area contributed by atoms with Crippen molar-refractivity contribution >= 4 is 6.29 Å². The van der Waals surface area contributed by atoms with Gasteiger partial charge in [-0.3, -0.25) is 4.79 Å². The molecule has 2 aromatic carbocycles. The standard InChI is InChI=1S/C19H17N2O/c1-15(17-9-7-16(8-10-17)11-12-22)21-14-20-13-19(21)18-5-3-2-4-6-18/h2-10,13-15H,11H2,1H3. The molecule has 3 heteroatoms. The predicted molar refractivity (Wildman–Crippen MR) is 87.3 cm³/mol. The Morgan fingerprint density at radius 1 is 1.09 bits per heavy atom. The summed E-state index contributed by atoms with van der Waals surface area (Å²) in [6, 6.07) is 18.5. The number of hydrogen-bond acceptors (Lipinski definition) is 2. The first kappa shape index (κ1) is 14.3. The Labute approximate surface area is 130 Å². The Morgan fingerprint density at radius 3 is 2.50 bits per heavy atom. The van der Waals surface area contributed by atoms with Crippen LogP contribution in [0.25, 0.3) is 11.3 Å². The first-order chi connectivity index (χ1) is 10.8. The van der Waals surface area contributed by atoms with Crippen molar-refractivity contribution in [3.8, 4) is 11.3 Å². The molecule has 0 aliphatic heterocycles. The maximum atomic E-state index is 10.4. The van der Waals surface area contributed by atoms with Crippen molar-refractivity contribution in [3.63, 3.8) is 0 Å². The highest BCUT2D eigenvalue weighted by Crippen LogP contribution is 2.26. The van der Waals surface area contributed by atoms with Crippen molar-refractivity contribution in [2.45, 2.75) is 19.4 Å². The second kappa shape index (κ2) is 6.39. The molecular weight excluding hydrogens is 272 g/mol. The highest BCUT2D eigenvalue weighted by atomic mass is 16.1. The van der Waals surface area contributed by atoms with Gasteiger partial charge < -0.3 is 4.57 Å². The summed E-state index contributed by atoms with van der Waals surface area (Å²) in [5, 5.41) is 0. The van der Waals surface area contributed by atoms with Crippen LogP contribution in [0.2, 0.25) is 0 Å². The molecule has 3 nitrogen and oxygen atoms in total. The van der Waals surface area contributed by atoms with E-state index >= 15 is 0 Å². The number of rotatable bonds is 5. The monoisotopic (exact) mass is 289 g/mol. The molecule has 0 fully saturated rings. The molecule has 0 spiro atoms. The van der Waals surface area contributed by atoms with Crippen LogP contribution in [0.5, 0.6) is 0 Å². The number of nitrogens with zero attached hydrogens (tertiary/aromatic N) is 2. The van der Waals surface area contributed by atoms with Gasteiger partial charge in [0.25, 0.3) is 0 Å². The third kappa shape index (κ3) is 2.84. The SMILES string of the molecule is CC(c1ccc(C[C]=O)cc1)n1cncc1-c1ccccc1. The largest absolute Gasteiger partial charge is 0.323 e. The van der Waals surface area contributed by atoms with Crippen LogP contribution in [-0.4, -0.2) is 15.8 Å². The number of imidazole rings is 1. The van der Waals surface area contributed by atoms with Crippen molar-refractivity contribution in [3.05, 3.63) is 78.2 Å². The van der Waals surface area contributed by atoms with Gasteiger partial charge in [0, 0.05) is 6.42 Å². The van der Waals surface area contributed by atoms with Crippen LogP contribution in [0.3, 0.4) is 0 Å². The fraction of sp³-hybridized carbons (Fsp3) is 0.158. The molecule has 3 rings (SSSR count). The molecule has 1 unspecified atom stereocenters. The molecule has 1 aromatic heterocycles. The summed E-state index contributed by atoms with van der Waals surface area (Å²) in [5.74, 6) is 0. The molecule has 1 radical (unpaired) electrons. The van der Waals surface area contributed by atoms with Gasteiger partial charge in [-0.1, -0.05) is 54.6 Å². The van der Waals surface area contributed by atoms with E-state index in [2.05, 4.69) is 40.7 Å². The fourth-order valence-electron chi connectivity index (χ4n) is 2.60. The lowest BCUT2D eigenvalue weighted by molar-refractivity contribution is 0.555. The summed E-state index contributed by atoms with van der Waals surface area (Å²) in [4.78, 5) is 14.7. The molecule has 0 amide bonds. The molecule has 0 aliphatic carbocycles. The minimum absolute atomic E-state index is 0.173. The Balaban J connectivity index is 1.91. The molecule has 1 heterocycles. The van der Waals surface area contributed by atoms with E-state index in [-0.39, 0.29) is 6.04 Å². The minimum atomic E-state index is 0.173. The normalized spacial score (nSPS) is 12.0. The summed E-state index contributed by atoms with van der Waals surface area (Å²) in [6.07, 6.45) is 6.02. The first-order valence-corrected chi connectivity index (χ1v) is 7.30. The third-order valence-corrected chi connectivity index (χ3v) is 3.89. The van der Waals surface area contributed by atoms with Crippen LogP contribution >= 0.6 is 0 Å². The molecule has 0 saturated heterocycles. The maximum absolute atomic E-state index is 10.4. The van der Waals surface area contributed by atoms with Crippen molar-refractivity contribution < 1.29 is 4.79 Å². The van der Waals surface area contributed by atoms with Crippen LogP contribution < -0.4 is 0 Å². The lowest BCUT2D eigenvalue weighted by Gasteiger charge is -2.17. The van der Waals surface area contributed by atoms with Crippen LogP contribution in [0.4, 0.5) is 0 Å². The van der Waals surface area contributed by atoms with Gasteiger partial charge in [0.1, 0.15) is 0 Å². The lowest BCUT2D eigenvalue weighted by atomic mass is 10.0. The van der Waals surface area contributed by atoms with Gasteiger partial charge in [-0.05, 0) is 23.6 Å². The molecular formula is C19H17N2O. The average molecular weight is 289 g/mol. The molecule has 0 aliphatic rings. The van der Waals surface area contributed by atoms with Crippen molar-refractivity contribution in [2.24, 2.45) is 0 Å². The van der Waals surface area contributed by atoms with Gasteiger partial charge in [-0.2, -0.15) is 0 Å². The van der Waals surface area contributed by atoms with E-state index in [0.29, 0.717) is 6.42 Å². The molecule has 1 atom stereocenters. The zero-order chi connectivity index (χ0) is 15.4. The Kier molecular flexibility index (Phi) is 4.15. The highest BCUT2D eigenvalue weighted by molar-refractivity contribution is 5.59. The van der Waals surface area contributed by atoms with Gasteiger partial charge >= 0.3 is 0 Å². The van der Waals surface area contributed by atoms with E-state index in [4.69, 9.17) is 0 Å². The molecule has 0 bridgehead atoms. The third-order valence-electron chi connectivity index (χ3n) is 3.89. The molecule has 0 N–H and O–H groups in total. The van der Waals surface area contributed by atoms with Gasteiger partial charge in [0.2, 0.25) is 6.29 Å². The lowest BCUT2D eigenvalue weighted by Crippen LogP contribution is -2.07. The van der Waals surface area contributed by atoms with Gasteiger partial charge in [0.15, 0.2) is 0 Å². The Bertz CT molecular complexity index is 745.